The van der Waals surface area contributed by atoms with Gasteiger partial charge >= 0.3 is 5.97 Å². The van der Waals surface area contributed by atoms with Crippen molar-refractivity contribution in [2.75, 3.05) is 23.0 Å². The highest BCUT2D eigenvalue weighted by atomic mass is 32.2. The van der Waals surface area contributed by atoms with Gasteiger partial charge in [0.2, 0.25) is 0 Å². The van der Waals surface area contributed by atoms with E-state index >= 15 is 0 Å². The number of hydrogen-bond donors (Lipinski definition) is 1. The summed E-state index contributed by atoms with van der Waals surface area (Å²) in [7, 11) is -3.05. The Labute approximate surface area is 112 Å². The van der Waals surface area contributed by atoms with Crippen LogP contribution < -0.4 is 4.90 Å². The Bertz CT molecular complexity index is 568. The molecule has 0 aliphatic carbocycles. The van der Waals surface area contributed by atoms with E-state index in [4.69, 9.17) is 5.11 Å². The van der Waals surface area contributed by atoms with E-state index in [-0.39, 0.29) is 24.1 Å². The molecular formula is C12H16N2O4S. The van der Waals surface area contributed by atoms with Crippen LogP contribution in [0.4, 0.5) is 5.82 Å². The Morgan fingerprint density at radius 3 is 2.74 bits per heavy atom. The summed E-state index contributed by atoms with van der Waals surface area (Å²) >= 11 is 0. The minimum Gasteiger partial charge on any atom is -0.480 e. The standard InChI is InChI=1S/C12H16N2O4S/c1-9-2-3-11(13-6-9)14(7-12(15)16)10-4-5-19(17,18)8-10/h2-3,6,10H,4-5,7-8H2,1H3,(H,15,16). The summed E-state index contributed by atoms with van der Waals surface area (Å²) in [5.41, 5.74) is 0.970. The third-order valence-electron chi connectivity index (χ3n) is 3.14. The van der Waals surface area contributed by atoms with Gasteiger partial charge in [0.25, 0.3) is 0 Å². The van der Waals surface area contributed by atoms with Gasteiger partial charge in [0.15, 0.2) is 9.84 Å². The van der Waals surface area contributed by atoms with Crippen molar-refractivity contribution in [2.24, 2.45) is 0 Å². The predicted molar refractivity (Wildman–Crippen MR) is 71.0 cm³/mol. The lowest BCUT2D eigenvalue weighted by atomic mass is 10.2. The zero-order chi connectivity index (χ0) is 14.0. The minimum absolute atomic E-state index is 0.00413. The molecule has 104 valence electrons. The third kappa shape index (κ3) is 3.44. The number of rotatable bonds is 4. The van der Waals surface area contributed by atoms with Gasteiger partial charge in [-0.2, -0.15) is 0 Å². The van der Waals surface area contributed by atoms with Crippen LogP contribution in [0.1, 0.15) is 12.0 Å². The Balaban J connectivity index is 2.26. The number of pyridine rings is 1. The summed E-state index contributed by atoms with van der Waals surface area (Å²) in [5, 5.41) is 8.97. The average molecular weight is 284 g/mol. The van der Waals surface area contributed by atoms with E-state index in [1.807, 2.05) is 13.0 Å². The van der Waals surface area contributed by atoms with Crippen molar-refractivity contribution < 1.29 is 18.3 Å². The van der Waals surface area contributed by atoms with Gasteiger partial charge in [-0.05, 0) is 25.0 Å². The number of aromatic nitrogens is 1. The Hall–Kier alpha value is -1.63. The summed E-state index contributed by atoms with van der Waals surface area (Å²) in [5.74, 6) is -0.378. The third-order valence-corrected chi connectivity index (χ3v) is 4.90. The van der Waals surface area contributed by atoms with Crippen molar-refractivity contribution in [3.05, 3.63) is 23.9 Å². The first-order valence-corrected chi connectivity index (χ1v) is 7.81. The molecular weight excluding hydrogens is 268 g/mol. The highest BCUT2D eigenvalue weighted by Gasteiger charge is 2.33. The molecule has 0 spiro atoms. The molecule has 1 atom stereocenters. The molecule has 1 unspecified atom stereocenters. The van der Waals surface area contributed by atoms with Crippen molar-refractivity contribution in [1.82, 2.24) is 4.98 Å². The maximum absolute atomic E-state index is 11.5. The second kappa shape index (κ2) is 5.16. The Morgan fingerprint density at radius 2 is 2.26 bits per heavy atom. The molecule has 2 rings (SSSR count). The number of hydrogen-bond acceptors (Lipinski definition) is 5. The molecule has 1 aliphatic rings. The molecule has 0 radical (unpaired) electrons. The average Bonchev–Trinajstić information content (AvgIpc) is 2.67. The molecule has 1 fully saturated rings. The topological polar surface area (TPSA) is 87.6 Å². The first-order chi connectivity index (χ1) is 8.87. The number of sulfone groups is 1. The van der Waals surface area contributed by atoms with Gasteiger partial charge in [0, 0.05) is 12.2 Å². The van der Waals surface area contributed by atoms with Gasteiger partial charge in [0.05, 0.1) is 11.5 Å². The quantitative estimate of drug-likeness (QED) is 0.864. The molecule has 7 heteroatoms. The number of anilines is 1. The van der Waals surface area contributed by atoms with Crippen LogP contribution in [0.15, 0.2) is 18.3 Å². The second-order valence-electron chi connectivity index (χ2n) is 4.77. The van der Waals surface area contributed by atoms with Gasteiger partial charge in [0.1, 0.15) is 12.4 Å². The lowest BCUT2D eigenvalue weighted by Crippen LogP contribution is -2.40. The van der Waals surface area contributed by atoms with Crippen LogP contribution in [0.3, 0.4) is 0 Å². The first kappa shape index (κ1) is 13.8. The highest BCUT2D eigenvalue weighted by molar-refractivity contribution is 7.91. The molecule has 2 heterocycles. The van der Waals surface area contributed by atoms with Gasteiger partial charge < -0.3 is 10.0 Å². The van der Waals surface area contributed by atoms with E-state index in [2.05, 4.69) is 4.98 Å². The highest BCUT2D eigenvalue weighted by Crippen LogP contribution is 2.22. The molecule has 0 bridgehead atoms. The minimum atomic E-state index is -3.05. The zero-order valence-corrected chi connectivity index (χ0v) is 11.4. The molecule has 1 aliphatic heterocycles. The number of nitrogens with zero attached hydrogens (tertiary/aromatic N) is 2. The van der Waals surface area contributed by atoms with Crippen LogP contribution in [-0.4, -0.2) is 48.6 Å². The molecule has 0 saturated carbocycles. The van der Waals surface area contributed by atoms with Gasteiger partial charge in [-0.3, -0.25) is 4.79 Å². The van der Waals surface area contributed by atoms with Crippen molar-refractivity contribution in [3.8, 4) is 0 Å². The monoisotopic (exact) mass is 284 g/mol. The van der Waals surface area contributed by atoms with Gasteiger partial charge in [-0.1, -0.05) is 6.07 Å². The Morgan fingerprint density at radius 1 is 1.53 bits per heavy atom. The SMILES string of the molecule is Cc1ccc(N(CC(=O)O)C2CCS(=O)(=O)C2)nc1. The molecule has 6 nitrogen and oxygen atoms in total. The Kier molecular flexibility index (Phi) is 3.75. The van der Waals surface area contributed by atoms with Crippen LogP contribution in [0.2, 0.25) is 0 Å². The molecule has 0 aromatic carbocycles. The van der Waals surface area contributed by atoms with Gasteiger partial charge in [-0.15, -0.1) is 0 Å². The van der Waals surface area contributed by atoms with E-state index in [1.165, 1.54) is 0 Å². The maximum atomic E-state index is 11.5. The van der Waals surface area contributed by atoms with E-state index in [1.54, 1.807) is 17.2 Å². The summed E-state index contributed by atoms with van der Waals surface area (Å²) in [6, 6.07) is 3.25. The fourth-order valence-electron chi connectivity index (χ4n) is 2.19. The van der Waals surface area contributed by atoms with Crippen molar-refractivity contribution in [3.63, 3.8) is 0 Å². The van der Waals surface area contributed by atoms with Crippen molar-refractivity contribution in [2.45, 2.75) is 19.4 Å². The van der Waals surface area contributed by atoms with E-state index in [0.717, 1.165) is 5.56 Å². The maximum Gasteiger partial charge on any atom is 0.323 e. The van der Waals surface area contributed by atoms with Crippen molar-refractivity contribution >= 4 is 21.6 Å². The van der Waals surface area contributed by atoms with Crippen molar-refractivity contribution in [1.29, 1.82) is 0 Å². The second-order valence-corrected chi connectivity index (χ2v) is 7.00. The normalized spacial score (nSPS) is 21.2. The van der Waals surface area contributed by atoms with Crippen LogP contribution in [0.5, 0.6) is 0 Å². The lowest BCUT2D eigenvalue weighted by Gasteiger charge is -2.27. The predicted octanol–water partition coefficient (Wildman–Crippen LogP) is 0.468. The summed E-state index contributed by atoms with van der Waals surface area (Å²) in [4.78, 5) is 16.7. The number of aryl methyl sites for hydroxylation is 1. The molecule has 0 amide bonds. The smallest absolute Gasteiger partial charge is 0.323 e. The summed E-state index contributed by atoms with van der Waals surface area (Å²) in [6.45, 7) is 1.65. The van der Waals surface area contributed by atoms with Crippen LogP contribution in [0.25, 0.3) is 0 Å². The van der Waals surface area contributed by atoms with Gasteiger partial charge in [-0.25, -0.2) is 13.4 Å². The molecule has 1 aromatic heterocycles. The van der Waals surface area contributed by atoms with E-state index in [0.29, 0.717) is 12.2 Å². The van der Waals surface area contributed by atoms with Crippen LogP contribution >= 0.6 is 0 Å². The summed E-state index contributed by atoms with van der Waals surface area (Å²) < 4.78 is 23.0. The molecule has 1 N–H and O–H groups in total. The fraction of sp³-hybridized carbons (Fsp3) is 0.500. The molecule has 1 saturated heterocycles. The first-order valence-electron chi connectivity index (χ1n) is 5.99. The number of carboxylic acid groups (broad SMARTS) is 1. The number of carbonyl (C=O) groups is 1. The molecule has 1 aromatic rings. The van der Waals surface area contributed by atoms with Crippen LogP contribution in [0, 0.1) is 6.92 Å². The number of carboxylic acids is 1. The van der Waals surface area contributed by atoms with E-state index < -0.39 is 15.8 Å². The molecule has 19 heavy (non-hydrogen) atoms. The van der Waals surface area contributed by atoms with E-state index in [9.17, 15) is 13.2 Å². The lowest BCUT2D eigenvalue weighted by molar-refractivity contribution is -0.135. The fourth-order valence-corrected chi connectivity index (χ4v) is 3.92. The number of aliphatic carboxylic acids is 1. The largest absolute Gasteiger partial charge is 0.480 e. The zero-order valence-electron chi connectivity index (χ0n) is 10.6. The summed E-state index contributed by atoms with van der Waals surface area (Å²) in [6.07, 6.45) is 2.10. The van der Waals surface area contributed by atoms with Crippen LogP contribution in [-0.2, 0) is 14.6 Å².